The van der Waals surface area contributed by atoms with E-state index < -0.39 is 15.6 Å². The summed E-state index contributed by atoms with van der Waals surface area (Å²) in [4.78, 5) is 17.0. The topological polar surface area (TPSA) is 85.0 Å². The molecule has 0 amide bonds. The van der Waals surface area contributed by atoms with Gasteiger partial charge in [0.2, 0.25) is 0 Å². The predicted molar refractivity (Wildman–Crippen MR) is 145 cm³/mol. The van der Waals surface area contributed by atoms with Gasteiger partial charge in [-0.05, 0) is 80.7 Å². The molecule has 0 bridgehead atoms. The van der Waals surface area contributed by atoms with Crippen molar-refractivity contribution in [1.82, 2.24) is 4.90 Å². The van der Waals surface area contributed by atoms with Gasteiger partial charge in [-0.25, -0.2) is 4.79 Å². The Bertz CT molecular complexity index is 1090. The average Bonchev–Trinajstić information content (AvgIpc) is 2.93. The maximum Gasteiger partial charge on any atom is 0.380 e. The molecule has 1 saturated heterocycles. The smallest absolute Gasteiger partial charge is 0.380 e. The molecule has 192 valence electrons. The van der Waals surface area contributed by atoms with E-state index in [1.54, 1.807) is 30.3 Å². The summed E-state index contributed by atoms with van der Waals surface area (Å²) in [5, 5.41) is -0.584. The third-order valence-electron chi connectivity index (χ3n) is 6.48. The number of carbonyl (C=O) groups excluding carboxylic acids is 1. The summed E-state index contributed by atoms with van der Waals surface area (Å²) in [5.74, 6) is 0.882. The van der Waals surface area contributed by atoms with Crippen LogP contribution in [0.2, 0.25) is 0 Å². The van der Waals surface area contributed by atoms with Crippen LogP contribution in [0.3, 0.4) is 0 Å². The van der Waals surface area contributed by atoms with E-state index in [0.717, 1.165) is 38.9 Å². The molecule has 3 N–H and O–H groups in total. The summed E-state index contributed by atoms with van der Waals surface area (Å²) in [6, 6.07) is 26.7. The summed E-state index contributed by atoms with van der Waals surface area (Å²) in [6.07, 6.45) is 2.65. The molecule has 36 heavy (non-hydrogen) atoms. The summed E-state index contributed by atoms with van der Waals surface area (Å²) < 4.78 is 23.5. The first kappa shape index (κ1) is 26.2. The van der Waals surface area contributed by atoms with Crippen molar-refractivity contribution < 1.29 is 18.8 Å². The van der Waals surface area contributed by atoms with Crippen molar-refractivity contribution in [1.29, 1.82) is 0 Å². The standard InChI is InChI=1S/C29H36N2O4S/c30-17-8-20-34-26-11-7-14-28(21-26)36(33,27-12-5-2-6-13-27)29(32)35-23-25-15-18-31(19-16-25)22-24-9-3-1-4-10-24/h1-7,9-14,21,25,33H,8,15-20,22-23,30H2. The van der Waals surface area contributed by atoms with Crippen molar-refractivity contribution >= 4 is 15.6 Å². The number of benzene rings is 3. The molecule has 3 aromatic carbocycles. The Morgan fingerprint density at radius 2 is 1.61 bits per heavy atom. The Kier molecular flexibility index (Phi) is 9.41. The van der Waals surface area contributed by atoms with Gasteiger partial charge >= 0.3 is 5.30 Å². The highest BCUT2D eigenvalue weighted by atomic mass is 32.3. The summed E-state index contributed by atoms with van der Waals surface area (Å²) in [5.41, 5.74) is 6.88. The Morgan fingerprint density at radius 3 is 2.31 bits per heavy atom. The fourth-order valence-corrected chi connectivity index (χ4v) is 6.40. The minimum Gasteiger partial charge on any atom is -0.494 e. The Morgan fingerprint density at radius 1 is 0.944 bits per heavy atom. The lowest BCUT2D eigenvalue weighted by molar-refractivity contribution is 0.108. The number of ether oxygens (including phenoxy) is 2. The molecule has 0 aliphatic carbocycles. The number of hydrogen-bond acceptors (Lipinski definition) is 6. The number of nitrogens with two attached hydrogens (primary N) is 1. The molecular formula is C29H36N2O4S. The van der Waals surface area contributed by atoms with Crippen LogP contribution in [0.5, 0.6) is 5.75 Å². The third kappa shape index (κ3) is 6.68. The molecule has 6 nitrogen and oxygen atoms in total. The third-order valence-corrected chi connectivity index (χ3v) is 8.97. The number of hydrogen-bond donors (Lipinski definition) is 2. The number of carbonyl (C=O) groups is 1. The molecule has 7 heteroatoms. The molecule has 0 spiro atoms. The van der Waals surface area contributed by atoms with Crippen LogP contribution in [0, 0.1) is 5.92 Å². The zero-order valence-electron chi connectivity index (χ0n) is 20.6. The fourth-order valence-electron chi connectivity index (χ4n) is 4.39. The lowest BCUT2D eigenvalue weighted by atomic mass is 9.97. The zero-order chi connectivity index (χ0) is 25.2. The Balaban J connectivity index is 1.41. The van der Waals surface area contributed by atoms with Crippen molar-refractivity contribution in [3.8, 4) is 5.75 Å². The van der Waals surface area contributed by atoms with Crippen molar-refractivity contribution in [3.05, 3.63) is 90.5 Å². The minimum absolute atomic E-state index is 0.284. The quantitative estimate of drug-likeness (QED) is 0.252. The van der Waals surface area contributed by atoms with Crippen LogP contribution in [0.15, 0.2) is 94.7 Å². The number of rotatable bonds is 10. The van der Waals surface area contributed by atoms with Crippen LogP contribution < -0.4 is 10.5 Å². The van der Waals surface area contributed by atoms with E-state index in [4.69, 9.17) is 15.2 Å². The molecule has 1 atom stereocenters. The van der Waals surface area contributed by atoms with Crippen LogP contribution in [-0.4, -0.2) is 47.6 Å². The summed E-state index contributed by atoms with van der Waals surface area (Å²) in [7, 11) is -3.06. The van der Waals surface area contributed by atoms with Crippen LogP contribution >= 0.6 is 10.3 Å². The van der Waals surface area contributed by atoms with E-state index in [2.05, 4.69) is 29.2 Å². The molecule has 0 saturated carbocycles. The first-order valence-corrected chi connectivity index (χ1v) is 14.2. The predicted octanol–water partition coefficient (Wildman–Crippen LogP) is 6.16. The van der Waals surface area contributed by atoms with Crippen molar-refractivity contribution in [2.45, 2.75) is 35.6 Å². The van der Waals surface area contributed by atoms with Gasteiger partial charge in [0, 0.05) is 26.6 Å². The van der Waals surface area contributed by atoms with Gasteiger partial charge in [-0.1, -0.05) is 54.6 Å². The highest BCUT2D eigenvalue weighted by Gasteiger charge is 2.37. The summed E-state index contributed by atoms with van der Waals surface area (Å²) >= 11 is 0. The van der Waals surface area contributed by atoms with Gasteiger partial charge in [0.25, 0.3) is 0 Å². The highest BCUT2D eigenvalue weighted by Crippen LogP contribution is 2.61. The van der Waals surface area contributed by atoms with Crippen molar-refractivity contribution in [2.24, 2.45) is 11.7 Å². The lowest BCUT2D eigenvalue weighted by Crippen LogP contribution is -2.35. The molecule has 1 unspecified atom stereocenters. The Labute approximate surface area is 215 Å². The van der Waals surface area contributed by atoms with Crippen LogP contribution in [0.25, 0.3) is 0 Å². The normalized spacial score (nSPS) is 17.2. The minimum atomic E-state index is -3.06. The van der Waals surface area contributed by atoms with E-state index in [0.29, 0.717) is 35.3 Å². The number of piperidine rings is 1. The number of likely N-dealkylation sites (tertiary alicyclic amines) is 1. The van der Waals surface area contributed by atoms with Crippen LogP contribution in [0.4, 0.5) is 4.79 Å². The van der Waals surface area contributed by atoms with Gasteiger partial charge in [0.1, 0.15) is 5.75 Å². The van der Waals surface area contributed by atoms with E-state index in [1.807, 2.05) is 30.3 Å². The second-order valence-electron chi connectivity index (χ2n) is 9.12. The van der Waals surface area contributed by atoms with Gasteiger partial charge in [-0.2, -0.15) is 0 Å². The molecule has 4 rings (SSSR count). The second-order valence-corrected chi connectivity index (χ2v) is 11.6. The average molecular weight is 509 g/mol. The maximum atomic E-state index is 13.5. The van der Waals surface area contributed by atoms with Crippen LogP contribution in [0.1, 0.15) is 24.8 Å². The largest absolute Gasteiger partial charge is 0.494 e. The van der Waals surface area contributed by atoms with Gasteiger partial charge in [-0.15, -0.1) is 0 Å². The van der Waals surface area contributed by atoms with E-state index in [-0.39, 0.29) is 5.92 Å². The molecule has 1 heterocycles. The first-order chi connectivity index (χ1) is 17.6. The van der Waals surface area contributed by atoms with Gasteiger partial charge in [0.05, 0.1) is 13.2 Å². The van der Waals surface area contributed by atoms with Crippen LogP contribution in [-0.2, 0) is 11.3 Å². The molecule has 3 aromatic rings. The summed E-state index contributed by atoms with van der Waals surface area (Å²) in [6.45, 7) is 4.20. The lowest BCUT2D eigenvalue weighted by Gasteiger charge is -2.34. The monoisotopic (exact) mass is 508 g/mol. The van der Waals surface area contributed by atoms with E-state index >= 15 is 0 Å². The molecule has 0 aromatic heterocycles. The van der Waals surface area contributed by atoms with E-state index in [9.17, 15) is 9.35 Å². The van der Waals surface area contributed by atoms with Gasteiger partial charge in [-0.3, -0.25) is 4.90 Å². The highest BCUT2D eigenvalue weighted by molar-refractivity contribution is 8.40. The van der Waals surface area contributed by atoms with Crippen molar-refractivity contribution in [2.75, 3.05) is 32.8 Å². The molecule has 0 radical (unpaired) electrons. The fraction of sp³-hybridized carbons (Fsp3) is 0.345. The van der Waals surface area contributed by atoms with Gasteiger partial charge in [0.15, 0.2) is 0 Å². The SMILES string of the molecule is NCCCOc1cccc(S(O)(C(=O)OCC2CCN(Cc3ccccc3)CC2)c2ccccc2)c1. The molecule has 1 aliphatic heterocycles. The second kappa shape index (κ2) is 12.9. The molecule has 1 fully saturated rings. The van der Waals surface area contributed by atoms with E-state index in [1.165, 1.54) is 5.56 Å². The molecule has 1 aliphatic rings. The Hall–Kier alpha value is -2.84. The zero-order valence-corrected chi connectivity index (χ0v) is 21.4. The first-order valence-electron chi connectivity index (χ1n) is 12.6. The van der Waals surface area contributed by atoms with Gasteiger partial charge < -0.3 is 19.8 Å². The number of nitrogens with zero attached hydrogens (tertiary/aromatic N) is 1. The maximum absolute atomic E-state index is 13.5. The van der Waals surface area contributed by atoms with Crippen molar-refractivity contribution in [3.63, 3.8) is 0 Å². The molecular weight excluding hydrogens is 472 g/mol.